The molecule has 0 fully saturated rings. The fourth-order valence-corrected chi connectivity index (χ4v) is 2.76. The van der Waals surface area contributed by atoms with Crippen molar-refractivity contribution in [1.82, 2.24) is 16.0 Å². The van der Waals surface area contributed by atoms with Crippen LogP contribution in [0.5, 0.6) is 0 Å². The van der Waals surface area contributed by atoms with Gasteiger partial charge in [-0.3, -0.25) is 24.0 Å². The van der Waals surface area contributed by atoms with E-state index in [4.69, 9.17) is 21.1 Å². The summed E-state index contributed by atoms with van der Waals surface area (Å²) in [6.07, 6.45) is -1.17. The molecule has 0 aromatic carbocycles. The van der Waals surface area contributed by atoms with Crippen LogP contribution in [0.25, 0.3) is 0 Å². The standard InChI is InChI=1S/C18H30N4O9S/c1-8(2)5-10(20-15(27)9(19)3-4-13(23)24)16(28)22-12(7-32)17(29)21-11(18(30)31)6-14(25)26/h8-12,32H,3-7,19H2,1-2H3,(H,20,27)(H,21,29)(H,22,28)(H,23,24)(H,25,26)(H,30,31). The molecule has 0 heterocycles. The molecule has 0 aliphatic heterocycles. The molecule has 0 saturated heterocycles. The predicted octanol–water partition coefficient (Wildman–Crippen LogP) is -1.83. The lowest BCUT2D eigenvalue weighted by Crippen LogP contribution is -2.58. The third-order valence-electron chi connectivity index (χ3n) is 4.15. The quantitative estimate of drug-likeness (QED) is 0.123. The van der Waals surface area contributed by atoms with Crippen LogP contribution in [0, 0.1) is 5.92 Å². The molecule has 13 nitrogen and oxygen atoms in total. The number of aliphatic carboxylic acids is 3. The van der Waals surface area contributed by atoms with Gasteiger partial charge < -0.3 is 37.0 Å². The largest absolute Gasteiger partial charge is 0.481 e. The average molecular weight is 479 g/mol. The van der Waals surface area contributed by atoms with Gasteiger partial charge in [0, 0.05) is 12.2 Å². The minimum atomic E-state index is -1.71. The SMILES string of the molecule is CC(C)CC(NC(=O)C(N)CCC(=O)O)C(=O)NC(CS)C(=O)NC(CC(=O)O)C(=O)O. The molecule has 0 rings (SSSR count). The maximum absolute atomic E-state index is 12.7. The van der Waals surface area contributed by atoms with E-state index in [0.29, 0.717) is 0 Å². The van der Waals surface area contributed by atoms with Gasteiger partial charge in [-0.05, 0) is 18.8 Å². The van der Waals surface area contributed by atoms with E-state index in [-0.39, 0.29) is 30.9 Å². The Morgan fingerprint density at radius 3 is 1.75 bits per heavy atom. The van der Waals surface area contributed by atoms with E-state index in [1.807, 2.05) is 5.32 Å². The highest BCUT2D eigenvalue weighted by molar-refractivity contribution is 7.80. The first kappa shape index (κ1) is 29.1. The normalized spacial score (nSPS) is 14.5. The third-order valence-corrected chi connectivity index (χ3v) is 4.52. The van der Waals surface area contributed by atoms with Gasteiger partial charge in [0.25, 0.3) is 0 Å². The van der Waals surface area contributed by atoms with E-state index < -0.39 is 66.2 Å². The molecule has 0 aromatic heterocycles. The molecular formula is C18H30N4O9S. The maximum atomic E-state index is 12.7. The molecule has 0 aliphatic carbocycles. The fraction of sp³-hybridized carbons (Fsp3) is 0.667. The number of hydrogen-bond acceptors (Lipinski definition) is 8. The predicted molar refractivity (Wildman–Crippen MR) is 114 cm³/mol. The van der Waals surface area contributed by atoms with Gasteiger partial charge in [-0.25, -0.2) is 4.79 Å². The Morgan fingerprint density at radius 1 is 0.812 bits per heavy atom. The van der Waals surface area contributed by atoms with Gasteiger partial charge in [0.1, 0.15) is 18.1 Å². The molecule has 0 saturated carbocycles. The second-order valence-electron chi connectivity index (χ2n) is 7.47. The van der Waals surface area contributed by atoms with Gasteiger partial charge in [-0.2, -0.15) is 12.6 Å². The number of carboxylic acids is 3. The molecule has 0 radical (unpaired) electrons. The second kappa shape index (κ2) is 14.2. The summed E-state index contributed by atoms with van der Waals surface area (Å²) in [5.41, 5.74) is 5.66. The molecule has 4 unspecified atom stereocenters. The number of carbonyl (C=O) groups is 6. The number of hydrogen-bond donors (Lipinski definition) is 8. The number of rotatable bonds is 15. The molecule has 0 aliphatic rings. The molecular weight excluding hydrogens is 448 g/mol. The van der Waals surface area contributed by atoms with Gasteiger partial charge in [0.2, 0.25) is 17.7 Å². The first-order valence-corrected chi connectivity index (χ1v) is 10.4. The Labute approximate surface area is 189 Å². The molecule has 8 N–H and O–H groups in total. The minimum absolute atomic E-state index is 0.0588. The zero-order chi connectivity index (χ0) is 25.0. The highest BCUT2D eigenvalue weighted by Crippen LogP contribution is 2.07. The van der Waals surface area contributed by atoms with Crippen LogP contribution in [-0.2, 0) is 28.8 Å². The summed E-state index contributed by atoms with van der Waals surface area (Å²) in [5, 5.41) is 33.3. The minimum Gasteiger partial charge on any atom is -0.481 e. The Morgan fingerprint density at radius 2 is 1.31 bits per heavy atom. The monoisotopic (exact) mass is 478 g/mol. The van der Waals surface area contributed by atoms with Crippen LogP contribution in [0.3, 0.4) is 0 Å². The molecule has 0 spiro atoms. The number of carboxylic acid groups (broad SMARTS) is 3. The number of amides is 3. The van der Waals surface area contributed by atoms with Crippen molar-refractivity contribution in [3.63, 3.8) is 0 Å². The smallest absolute Gasteiger partial charge is 0.326 e. The Kier molecular flexibility index (Phi) is 13.0. The van der Waals surface area contributed by atoms with Crippen molar-refractivity contribution in [2.45, 2.75) is 63.7 Å². The molecule has 0 aromatic rings. The summed E-state index contributed by atoms with van der Waals surface area (Å²) in [7, 11) is 0. The third kappa shape index (κ3) is 11.5. The van der Waals surface area contributed by atoms with E-state index in [1.165, 1.54) is 0 Å². The Hall–Kier alpha value is -2.87. The molecule has 3 amide bonds. The zero-order valence-electron chi connectivity index (χ0n) is 17.7. The summed E-state index contributed by atoms with van der Waals surface area (Å²) >= 11 is 3.96. The second-order valence-corrected chi connectivity index (χ2v) is 7.84. The topological polar surface area (TPSA) is 225 Å². The Bertz CT molecular complexity index is 717. The average Bonchev–Trinajstić information content (AvgIpc) is 2.67. The van der Waals surface area contributed by atoms with Gasteiger partial charge >= 0.3 is 17.9 Å². The lowest BCUT2D eigenvalue weighted by molar-refractivity contribution is -0.147. The van der Waals surface area contributed by atoms with Gasteiger partial charge in [-0.1, -0.05) is 13.8 Å². The summed E-state index contributed by atoms with van der Waals surface area (Å²) in [5.74, 6) is -6.91. The summed E-state index contributed by atoms with van der Waals surface area (Å²) < 4.78 is 0. The van der Waals surface area contributed by atoms with Crippen molar-refractivity contribution in [1.29, 1.82) is 0 Å². The van der Waals surface area contributed by atoms with E-state index in [0.717, 1.165) is 0 Å². The maximum Gasteiger partial charge on any atom is 0.326 e. The number of thiol groups is 1. The van der Waals surface area contributed by atoms with Crippen LogP contribution < -0.4 is 21.7 Å². The van der Waals surface area contributed by atoms with Crippen LogP contribution in [0.15, 0.2) is 0 Å². The van der Waals surface area contributed by atoms with Crippen LogP contribution >= 0.6 is 12.6 Å². The lowest BCUT2D eigenvalue weighted by atomic mass is 10.0. The highest BCUT2D eigenvalue weighted by Gasteiger charge is 2.30. The molecule has 4 atom stereocenters. The first-order chi connectivity index (χ1) is 14.8. The summed E-state index contributed by atoms with van der Waals surface area (Å²) in [6, 6.07) is -5.29. The van der Waals surface area contributed by atoms with Crippen molar-refractivity contribution < 1.29 is 44.1 Å². The van der Waals surface area contributed by atoms with E-state index in [2.05, 4.69) is 23.3 Å². The van der Waals surface area contributed by atoms with Crippen molar-refractivity contribution in [2.24, 2.45) is 11.7 Å². The molecule has 182 valence electrons. The summed E-state index contributed by atoms with van der Waals surface area (Å²) in [6.45, 7) is 3.56. The van der Waals surface area contributed by atoms with E-state index >= 15 is 0 Å². The fourth-order valence-electron chi connectivity index (χ4n) is 2.51. The zero-order valence-corrected chi connectivity index (χ0v) is 18.6. The van der Waals surface area contributed by atoms with Crippen molar-refractivity contribution in [3.05, 3.63) is 0 Å². The van der Waals surface area contributed by atoms with Crippen LogP contribution in [0.4, 0.5) is 0 Å². The lowest BCUT2D eigenvalue weighted by Gasteiger charge is -2.25. The molecule has 32 heavy (non-hydrogen) atoms. The van der Waals surface area contributed by atoms with Gasteiger partial charge in [-0.15, -0.1) is 0 Å². The summed E-state index contributed by atoms with van der Waals surface area (Å²) in [4.78, 5) is 69.8. The van der Waals surface area contributed by atoms with Crippen LogP contribution in [0.1, 0.15) is 39.5 Å². The van der Waals surface area contributed by atoms with E-state index in [1.54, 1.807) is 13.8 Å². The molecule has 14 heteroatoms. The Balaban J connectivity index is 5.24. The van der Waals surface area contributed by atoms with Crippen LogP contribution in [0.2, 0.25) is 0 Å². The van der Waals surface area contributed by atoms with Crippen molar-refractivity contribution >= 4 is 48.3 Å². The number of nitrogens with two attached hydrogens (primary N) is 1. The number of nitrogens with one attached hydrogen (secondary N) is 3. The van der Waals surface area contributed by atoms with Gasteiger partial charge in [0.15, 0.2) is 0 Å². The van der Waals surface area contributed by atoms with Crippen LogP contribution in [-0.4, -0.2) is 80.9 Å². The number of carbonyl (C=O) groups excluding carboxylic acids is 3. The van der Waals surface area contributed by atoms with Crippen molar-refractivity contribution in [3.8, 4) is 0 Å². The van der Waals surface area contributed by atoms with E-state index in [9.17, 15) is 28.8 Å². The first-order valence-electron chi connectivity index (χ1n) is 9.72. The highest BCUT2D eigenvalue weighted by atomic mass is 32.1. The molecule has 0 bridgehead atoms. The van der Waals surface area contributed by atoms with Crippen molar-refractivity contribution in [2.75, 3.05) is 5.75 Å². The van der Waals surface area contributed by atoms with Gasteiger partial charge in [0.05, 0.1) is 12.5 Å².